The van der Waals surface area contributed by atoms with Gasteiger partial charge in [-0.2, -0.15) is 47.9 Å². The van der Waals surface area contributed by atoms with E-state index in [1.807, 2.05) is 69.2 Å². The van der Waals surface area contributed by atoms with Crippen molar-refractivity contribution in [3.8, 4) is 0 Å². The summed E-state index contributed by atoms with van der Waals surface area (Å²) in [5.74, 6) is 2.44. The Kier molecular flexibility index (Phi) is 35.9. The van der Waals surface area contributed by atoms with Crippen LogP contribution >= 0.6 is 50.2 Å². The van der Waals surface area contributed by atoms with Gasteiger partial charge in [0.2, 0.25) is 5.95 Å². The molecule has 0 N–H and O–H groups in total. The second kappa shape index (κ2) is 39.0. The highest BCUT2D eigenvalue weighted by atomic mass is 79.9. The molecule has 0 aromatic carbocycles. The monoisotopic (exact) mass is 1470 g/mol. The van der Waals surface area contributed by atoms with Crippen LogP contribution in [0.3, 0.4) is 0 Å². The van der Waals surface area contributed by atoms with Crippen LogP contribution in [0.25, 0.3) is 0 Å². The Morgan fingerprint density at radius 1 is 0.500 bits per heavy atom. The molecule has 0 saturated carbocycles. The smallest absolute Gasteiger partial charge is 0.418 e. The summed E-state index contributed by atoms with van der Waals surface area (Å²) in [6.45, 7) is 36.2. The number of hydrogen-bond acceptors (Lipinski definition) is 9. The summed E-state index contributed by atoms with van der Waals surface area (Å²) in [4.78, 5) is 5.69. The minimum Gasteiger partial charge on any atom is -0.466 e. The number of furan rings is 1. The standard InChI is InChI=1S/C9H12F3N.C9H14O.C8H11ClF2N2.C8H11F3N2.C8H12F2N2.C8H11F2NS.C7H9BrS.C7H11F2N3/c1-6(2)7-4-13(3)5-8(7)9(10,11)12;1-6(2)9-5-7(3)10-8(9)4;1-4(2)5-6(8(10)11)12-13(3)7(5)9;1-4(2)5-6(7(9)10)12-13(3)8(5)11;1-5(2)6-4-12(3)11-7(6)8(9)10;1-4(2)7-6(8(9)10)11-5(3)12-7;1-5(2)6-3-4-9-7(6)8;1-4(2)5-6(7(8)9)11-12(3)10-5/h4-6H,1-3H3;5-6H,1-4H3;4,8H,1-3H3;4,7H,1-3H3;4-5,8H,1-3H3;4,8H,1-3H3;3-5H,1-2H3;4,7H,1-3H3. The molecular weight excluding hydrogens is 1380 g/mol. The first-order valence-electron chi connectivity index (χ1n) is 29.9. The van der Waals surface area contributed by atoms with Gasteiger partial charge >= 0.3 is 6.18 Å². The Balaban J connectivity index is 0.000000538. The second-order valence-electron chi connectivity index (χ2n) is 24.1. The molecule has 8 aromatic heterocycles. The van der Waals surface area contributed by atoms with Crippen LogP contribution in [-0.2, 0) is 41.4 Å². The topological polar surface area (TPSA) is 115 Å². The van der Waals surface area contributed by atoms with Gasteiger partial charge in [-0.3, -0.25) is 9.36 Å². The average Bonchev–Trinajstić information content (AvgIpc) is 1.78. The first-order chi connectivity index (χ1) is 43.1. The van der Waals surface area contributed by atoms with Crippen molar-refractivity contribution in [2.45, 2.75) is 217 Å². The lowest BCUT2D eigenvalue weighted by Gasteiger charge is -2.09. The van der Waals surface area contributed by atoms with Gasteiger partial charge in [-0.25, -0.2) is 53.6 Å². The molecule has 8 heterocycles. The summed E-state index contributed by atoms with van der Waals surface area (Å²) in [7, 11) is 7.66. The van der Waals surface area contributed by atoms with Gasteiger partial charge in [0.05, 0.1) is 20.1 Å². The third-order valence-corrected chi connectivity index (χ3v) is 16.8. The molecule has 0 fully saturated rings. The van der Waals surface area contributed by atoms with E-state index in [0.29, 0.717) is 49.3 Å². The number of thiazole rings is 1. The molecule has 12 nitrogen and oxygen atoms in total. The van der Waals surface area contributed by atoms with E-state index in [-0.39, 0.29) is 63.8 Å². The zero-order chi connectivity index (χ0) is 73.0. The van der Waals surface area contributed by atoms with Crippen LogP contribution in [0.1, 0.15) is 285 Å². The average molecular weight is 1480 g/mol. The highest BCUT2D eigenvalue weighted by Gasteiger charge is 2.35. The van der Waals surface area contributed by atoms with E-state index in [1.54, 1.807) is 73.3 Å². The lowest BCUT2D eigenvalue weighted by atomic mass is 10.0. The fourth-order valence-electron chi connectivity index (χ4n) is 8.88. The molecule has 0 aliphatic heterocycles. The number of nitrogens with zero attached hydrogens (tertiary/aromatic N) is 11. The molecule has 0 radical (unpaired) electrons. The molecular formula is C64H91BrClF14N11OS2. The summed E-state index contributed by atoms with van der Waals surface area (Å²) < 4.78 is 186. The van der Waals surface area contributed by atoms with E-state index in [9.17, 15) is 61.5 Å². The second-order valence-corrected chi connectivity index (χ2v) is 27.9. The molecule has 0 atom stereocenters. The predicted molar refractivity (Wildman–Crippen MR) is 351 cm³/mol. The highest BCUT2D eigenvalue weighted by Crippen LogP contribution is 2.38. The zero-order valence-electron chi connectivity index (χ0n) is 57.7. The quantitative estimate of drug-likeness (QED) is 0.106. The van der Waals surface area contributed by atoms with Crippen LogP contribution < -0.4 is 0 Å². The maximum absolute atomic E-state index is 13.2. The zero-order valence-corrected chi connectivity index (χ0v) is 61.6. The third-order valence-electron chi connectivity index (χ3n) is 13.3. The van der Waals surface area contributed by atoms with Gasteiger partial charge in [0.15, 0.2) is 5.69 Å². The molecule has 0 amide bonds. The van der Waals surface area contributed by atoms with Crippen molar-refractivity contribution in [1.29, 1.82) is 0 Å². The number of aryl methyl sites for hydroxylation is 8. The predicted octanol–water partition coefficient (Wildman–Crippen LogP) is 23.4. The van der Waals surface area contributed by atoms with Crippen molar-refractivity contribution in [1.82, 2.24) is 53.9 Å². The van der Waals surface area contributed by atoms with Crippen molar-refractivity contribution >= 4 is 50.2 Å². The number of aromatic nitrogens is 11. The van der Waals surface area contributed by atoms with Crippen LogP contribution in [-0.4, -0.2) is 53.9 Å². The maximum Gasteiger partial charge on any atom is 0.418 e. The molecule has 0 aliphatic rings. The summed E-state index contributed by atoms with van der Waals surface area (Å²) in [5.41, 5.74) is 3.07. The molecule has 0 aliphatic carbocycles. The number of halogens is 16. The molecule has 94 heavy (non-hydrogen) atoms. The third kappa shape index (κ3) is 26.5. The van der Waals surface area contributed by atoms with E-state index >= 15 is 0 Å². The minimum absolute atomic E-state index is 0.0114. The summed E-state index contributed by atoms with van der Waals surface area (Å²) >= 11 is 12.4. The van der Waals surface area contributed by atoms with Gasteiger partial charge in [0.1, 0.15) is 39.4 Å². The Bertz CT molecular complexity index is 3220. The molecule has 0 saturated heterocycles. The Morgan fingerprint density at radius 2 is 0.957 bits per heavy atom. The van der Waals surface area contributed by atoms with Crippen molar-refractivity contribution in [2.24, 2.45) is 35.2 Å². The summed E-state index contributed by atoms with van der Waals surface area (Å²) in [6.07, 6.45) is -12.7. The first-order valence-corrected chi connectivity index (χ1v) is 32.8. The summed E-state index contributed by atoms with van der Waals surface area (Å²) in [5, 5.41) is 21.4. The van der Waals surface area contributed by atoms with Crippen molar-refractivity contribution in [3.63, 3.8) is 0 Å². The van der Waals surface area contributed by atoms with E-state index in [1.165, 1.54) is 65.3 Å². The molecule has 8 rings (SSSR count). The van der Waals surface area contributed by atoms with Crippen molar-refractivity contribution < 1.29 is 65.9 Å². The molecule has 0 unspecified atom stereocenters. The Hall–Kier alpha value is -5.55. The van der Waals surface area contributed by atoms with Crippen molar-refractivity contribution in [3.05, 3.63) is 146 Å². The molecule has 8 aromatic rings. The maximum atomic E-state index is 13.2. The van der Waals surface area contributed by atoms with Crippen LogP contribution in [0.4, 0.5) is 61.5 Å². The molecule has 30 heteroatoms. The van der Waals surface area contributed by atoms with E-state index in [4.69, 9.17) is 16.0 Å². The number of thiophene rings is 1. The van der Waals surface area contributed by atoms with Crippen LogP contribution in [0.15, 0.2) is 44.3 Å². The van der Waals surface area contributed by atoms with Gasteiger partial charge in [-0.1, -0.05) is 122 Å². The fourth-order valence-corrected chi connectivity index (χ4v) is 11.9. The number of alkyl halides is 13. The van der Waals surface area contributed by atoms with Gasteiger partial charge < -0.3 is 8.98 Å². The van der Waals surface area contributed by atoms with Gasteiger partial charge in [-0.15, -0.1) is 22.7 Å². The first kappa shape index (κ1) is 86.5. The fraction of sp³-hybridized carbons (Fsp3) is 0.594. The Morgan fingerprint density at radius 3 is 1.26 bits per heavy atom. The molecule has 0 bridgehead atoms. The van der Waals surface area contributed by atoms with Crippen molar-refractivity contribution in [2.75, 3.05) is 0 Å². The lowest BCUT2D eigenvalue weighted by molar-refractivity contribution is -0.138. The van der Waals surface area contributed by atoms with Gasteiger partial charge in [0, 0.05) is 75.4 Å². The number of hydrogen-bond donors (Lipinski definition) is 0. The number of rotatable bonds is 13. The Labute approximate surface area is 565 Å². The van der Waals surface area contributed by atoms with Crippen LogP contribution in [0, 0.1) is 26.7 Å². The van der Waals surface area contributed by atoms with E-state index in [2.05, 4.69) is 91.6 Å². The van der Waals surface area contributed by atoms with E-state index < -0.39 is 55.5 Å². The van der Waals surface area contributed by atoms with Crippen LogP contribution in [0.5, 0.6) is 0 Å². The molecule has 0 spiro atoms. The highest BCUT2D eigenvalue weighted by molar-refractivity contribution is 9.11. The van der Waals surface area contributed by atoms with E-state index in [0.717, 1.165) is 22.4 Å². The summed E-state index contributed by atoms with van der Waals surface area (Å²) in [6, 6.07) is 4.28. The largest absolute Gasteiger partial charge is 0.466 e. The SMILES string of the molecule is CC(C)c1c(C(F)F)nn(C)c1Cl.CC(C)c1c(C(F)F)nn(C)c1F.CC(C)c1ccsc1Br.CC(C)c1cn(C)cc1C(F)(F)F.CC(C)c1cn(C)nc1C(F)F.CC(C)c1nn(C)nc1C(F)F.Cc1cc(C(C)C)c(C)o1.Cc1nc(C(F)F)c(C(C)C)s1. The minimum atomic E-state index is -4.24. The van der Waals surface area contributed by atoms with Crippen LogP contribution in [0.2, 0.25) is 5.15 Å². The van der Waals surface area contributed by atoms with Gasteiger partial charge in [0.25, 0.3) is 32.1 Å². The normalized spacial score (nSPS) is 11.6. The van der Waals surface area contributed by atoms with Gasteiger partial charge in [-0.05, 0) is 118 Å². The molecule has 532 valence electrons. The lowest BCUT2D eigenvalue weighted by Crippen LogP contribution is -2.07.